The third kappa shape index (κ3) is 4.42. The molecule has 7 nitrogen and oxygen atoms in total. The van der Waals surface area contributed by atoms with E-state index in [1.165, 1.54) is 6.07 Å². The van der Waals surface area contributed by atoms with Crippen molar-refractivity contribution in [3.8, 4) is 0 Å². The quantitative estimate of drug-likeness (QED) is 0.643. The first-order chi connectivity index (χ1) is 13.0. The number of halogens is 2. The molecule has 0 atom stereocenters. The number of benzene rings is 1. The minimum atomic E-state index is -0.465. The summed E-state index contributed by atoms with van der Waals surface area (Å²) in [6.45, 7) is 1.69. The Morgan fingerprint density at radius 1 is 1.33 bits per heavy atom. The molecule has 1 aromatic carbocycles. The molecule has 1 aliphatic rings. The van der Waals surface area contributed by atoms with Gasteiger partial charge in [-0.15, -0.1) is 0 Å². The molecule has 0 bridgehead atoms. The number of amides is 1. The topological polar surface area (TPSA) is 65.8 Å². The second-order valence-corrected chi connectivity index (χ2v) is 6.30. The highest BCUT2D eigenvalue weighted by atomic mass is 19.1. The van der Waals surface area contributed by atoms with Crippen LogP contribution in [-0.4, -0.2) is 59.8 Å². The molecule has 2 heterocycles. The molecule has 0 unspecified atom stereocenters. The standard InChI is InChI=1S/C18H22F2N6O/c1-21-18(22-6-5-13-9-14(19)3-4-16(13)20)25-7-8-26(17(27)12-25)15-10-23-24(2)11-15/h3-4,9-11H,5-8,12H2,1-2H3,(H,21,22). The van der Waals surface area contributed by atoms with Crippen molar-refractivity contribution in [2.75, 3.05) is 38.1 Å². The minimum absolute atomic E-state index is 0.0478. The van der Waals surface area contributed by atoms with Gasteiger partial charge in [0.05, 0.1) is 11.9 Å². The zero-order valence-corrected chi connectivity index (χ0v) is 15.3. The number of rotatable bonds is 4. The Kier molecular flexibility index (Phi) is 5.68. The maximum atomic E-state index is 13.7. The van der Waals surface area contributed by atoms with Crippen LogP contribution in [0.5, 0.6) is 0 Å². The molecule has 0 spiro atoms. The number of hydrogen-bond donors (Lipinski definition) is 1. The Morgan fingerprint density at radius 3 is 2.81 bits per heavy atom. The minimum Gasteiger partial charge on any atom is -0.356 e. The van der Waals surface area contributed by atoms with Gasteiger partial charge in [-0.1, -0.05) is 0 Å². The van der Waals surface area contributed by atoms with E-state index in [1.54, 1.807) is 36.1 Å². The SMILES string of the molecule is CN=C(NCCc1cc(F)ccc1F)N1CCN(c2cnn(C)c2)C(=O)C1. The fraction of sp³-hybridized carbons (Fsp3) is 0.389. The number of anilines is 1. The molecule has 1 fully saturated rings. The van der Waals surface area contributed by atoms with Crippen molar-refractivity contribution >= 4 is 17.6 Å². The molecule has 27 heavy (non-hydrogen) atoms. The lowest BCUT2D eigenvalue weighted by Crippen LogP contribution is -2.55. The number of aromatic nitrogens is 2. The van der Waals surface area contributed by atoms with Crippen LogP contribution in [0.25, 0.3) is 0 Å². The van der Waals surface area contributed by atoms with Crippen molar-refractivity contribution in [3.63, 3.8) is 0 Å². The van der Waals surface area contributed by atoms with Crippen LogP contribution in [0.2, 0.25) is 0 Å². The molecule has 9 heteroatoms. The second-order valence-electron chi connectivity index (χ2n) is 6.30. The van der Waals surface area contributed by atoms with E-state index in [2.05, 4.69) is 15.4 Å². The van der Waals surface area contributed by atoms with E-state index in [0.29, 0.717) is 37.6 Å². The average molecular weight is 376 g/mol. The molecule has 0 radical (unpaired) electrons. The number of guanidine groups is 1. The monoisotopic (exact) mass is 376 g/mol. The van der Waals surface area contributed by atoms with Crippen molar-refractivity contribution in [3.05, 3.63) is 47.8 Å². The van der Waals surface area contributed by atoms with Gasteiger partial charge in [0, 0.05) is 39.9 Å². The molecule has 2 aromatic rings. The molecule has 1 aromatic heterocycles. The number of carbonyl (C=O) groups excluding carboxylic acids is 1. The Bertz CT molecular complexity index is 850. The van der Waals surface area contributed by atoms with Gasteiger partial charge in [0.15, 0.2) is 5.96 Å². The van der Waals surface area contributed by atoms with Crippen LogP contribution in [0.4, 0.5) is 14.5 Å². The van der Waals surface area contributed by atoms with Crippen molar-refractivity contribution in [1.82, 2.24) is 20.0 Å². The number of nitrogens with zero attached hydrogens (tertiary/aromatic N) is 5. The normalized spacial score (nSPS) is 15.4. The van der Waals surface area contributed by atoms with Crippen molar-refractivity contribution < 1.29 is 13.6 Å². The highest BCUT2D eigenvalue weighted by Gasteiger charge is 2.27. The Morgan fingerprint density at radius 2 is 2.15 bits per heavy atom. The van der Waals surface area contributed by atoms with Crippen LogP contribution in [0, 0.1) is 11.6 Å². The van der Waals surface area contributed by atoms with E-state index >= 15 is 0 Å². The molecule has 1 amide bonds. The van der Waals surface area contributed by atoms with Gasteiger partial charge in [0.2, 0.25) is 5.91 Å². The van der Waals surface area contributed by atoms with Crippen molar-refractivity contribution in [2.24, 2.45) is 12.0 Å². The lowest BCUT2D eigenvalue weighted by Gasteiger charge is -2.35. The summed E-state index contributed by atoms with van der Waals surface area (Å²) in [4.78, 5) is 20.2. The van der Waals surface area contributed by atoms with E-state index in [4.69, 9.17) is 0 Å². The summed E-state index contributed by atoms with van der Waals surface area (Å²) in [6.07, 6.45) is 3.77. The first-order valence-electron chi connectivity index (χ1n) is 8.66. The summed E-state index contributed by atoms with van der Waals surface area (Å²) in [5, 5.41) is 7.21. The maximum Gasteiger partial charge on any atom is 0.246 e. The van der Waals surface area contributed by atoms with Gasteiger partial charge in [-0.25, -0.2) is 8.78 Å². The van der Waals surface area contributed by atoms with Crippen LogP contribution in [-0.2, 0) is 18.3 Å². The fourth-order valence-electron chi connectivity index (χ4n) is 3.05. The molecule has 1 N–H and O–H groups in total. The molecular weight excluding hydrogens is 354 g/mol. The lowest BCUT2D eigenvalue weighted by molar-refractivity contribution is -0.120. The second kappa shape index (κ2) is 8.15. The molecule has 1 aliphatic heterocycles. The largest absolute Gasteiger partial charge is 0.356 e. The van der Waals surface area contributed by atoms with Crippen LogP contribution in [0.15, 0.2) is 35.6 Å². The van der Waals surface area contributed by atoms with Crippen LogP contribution >= 0.6 is 0 Å². The van der Waals surface area contributed by atoms with Gasteiger partial charge < -0.3 is 15.1 Å². The van der Waals surface area contributed by atoms with Gasteiger partial charge in [-0.3, -0.25) is 14.5 Å². The molecule has 0 saturated carbocycles. The zero-order chi connectivity index (χ0) is 19.4. The highest BCUT2D eigenvalue weighted by molar-refractivity contribution is 5.98. The Labute approximate surface area is 156 Å². The third-order valence-corrected chi connectivity index (χ3v) is 4.42. The molecule has 3 rings (SSSR count). The predicted octanol–water partition coefficient (Wildman–Crippen LogP) is 1.16. The van der Waals surface area contributed by atoms with Gasteiger partial charge in [0.1, 0.15) is 18.2 Å². The summed E-state index contributed by atoms with van der Waals surface area (Å²) in [5.41, 5.74) is 1.07. The van der Waals surface area contributed by atoms with Gasteiger partial charge in [-0.2, -0.15) is 5.10 Å². The number of carbonyl (C=O) groups is 1. The summed E-state index contributed by atoms with van der Waals surface area (Å²) in [7, 11) is 3.43. The number of aryl methyl sites for hydroxylation is 1. The summed E-state index contributed by atoms with van der Waals surface area (Å²) < 4.78 is 28.6. The zero-order valence-electron chi connectivity index (χ0n) is 15.3. The number of nitrogens with one attached hydrogen (secondary N) is 1. The number of hydrogen-bond acceptors (Lipinski definition) is 3. The van der Waals surface area contributed by atoms with Gasteiger partial charge in [0.25, 0.3) is 0 Å². The predicted molar refractivity (Wildman–Crippen MR) is 98.6 cm³/mol. The van der Waals surface area contributed by atoms with E-state index in [0.717, 1.165) is 17.8 Å². The molecule has 1 saturated heterocycles. The van der Waals surface area contributed by atoms with E-state index in [-0.39, 0.29) is 12.5 Å². The average Bonchev–Trinajstić information content (AvgIpc) is 3.07. The molecule has 144 valence electrons. The van der Waals surface area contributed by atoms with Crippen LogP contribution in [0.3, 0.4) is 0 Å². The Hall–Kier alpha value is -2.97. The van der Waals surface area contributed by atoms with Gasteiger partial charge >= 0.3 is 0 Å². The van der Waals surface area contributed by atoms with Crippen molar-refractivity contribution in [2.45, 2.75) is 6.42 Å². The third-order valence-electron chi connectivity index (χ3n) is 4.42. The van der Waals surface area contributed by atoms with E-state index in [1.807, 2.05) is 4.90 Å². The first-order valence-corrected chi connectivity index (χ1v) is 8.66. The maximum absolute atomic E-state index is 13.7. The molecular formula is C18H22F2N6O. The first kappa shape index (κ1) is 18.8. The fourth-order valence-corrected chi connectivity index (χ4v) is 3.05. The Balaban J connectivity index is 1.55. The summed E-state index contributed by atoms with van der Waals surface area (Å²) in [5.74, 6) is -0.388. The van der Waals surface area contributed by atoms with Gasteiger partial charge in [-0.05, 0) is 30.2 Å². The van der Waals surface area contributed by atoms with Crippen LogP contribution in [0.1, 0.15) is 5.56 Å². The lowest BCUT2D eigenvalue weighted by atomic mass is 10.1. The summed E-state index contributed by atoms with van der Waals surface area (Å²) in [6, 6.07) is 3.41. The number of aliphatic imine (C=N–C) groups is 1. The molecule has 0 aliphatic carbocycles. The van der Waals surface area contributed by atoms with Crippen LogP contribution < -0.4 is 10.2 Å². The van der Waals surface area contributed by atoms with E-state index < -0.39 is 11.6 Å². The summed E-state index contributed by atoms with van der Waals surface area (Å²) >= 11 is 0. The van der Waals surface area contributed by atoms with E-state index in [9.17, 15) is 13.6 Å². The van der Waals surface area contributed by atoms with Crippen molar-refractivity contribution in [1.29, 1.82) is 0 Å². The number of piperazine rings is 1. The smallest absolute Gasteiger partial charge is 0.246 e. The highest BCUT2D eigenvalue weighted by Crippen LogP contribution is 2.16.